The number of benzene rings is 2. The fraction of sp³-hybridized carbons (Fsp3) is 0.458. The van der Waals surface area contributed by atoms with Crippen LogP contribution in [-0.2, 0) is 14.8 Å². The van der Waals surface area contributed by atoms with Crippen LogP contribution in [-0.4, -0.2) is 33.6 Å². The maximum absolute atomic E-state index is 13.4. The van der Waals surface area contributed by atoms with E-state index in [-0.39, 0.29) is 10.8 Å². The van der Waals surface area contributed by atoms with E-state index in [2.05, 4.69) is 18.6 Å². The van der Waals surface area contributed by atoms with Gasteiger partial charge in [-0.2, -0.15) is 0 Å². The van der Waals surface area contributed by atoms with E-state index >= 15 is 0 Å². The van der Waals surface area contributed by atoms with Crippen LogP contribution in [0.4, 0.5) is 5.69 Å². The number of ether oxygens (including phenoxy) is 2. The van der Waals surface area contributed by atoms with Gasteiger partial charge in [0, 0.05) is 24.9 Å². The highest BCUT2D eigenvalue weighted by molar-refractivity contribution is 7.89. The van der Waals surface area contributed by atoms with Crippen molar-refractivity contribution in [3.8, 4) is 11.5 Å². The SMILES string of the molecule is CCC1(CC)CC(NS(=O)(=O)c2ccc(OC)c(N3CCCC3=O)c2)c2ccccc2O1. The van der Waals surface area contributed by atoms with E-state index in [0.717, 1.165) is 24.8 Å². The molecule has 2 aliphatic rings. The van der Waals surface area contributed by atoms with Crippen molar-refractivity contribution in [1.29, 1.82) is 0 Å². The Labute approximate surface area is 189 Å². The lowest BCUT2D eigenvalue weighted by Gasteiger charge is -2.41. The number of rotatable bonds is 7. The van der Waals surface area contributed by atoms with E-state index in [1.165, 1.54) is 19.2 Å². The maximum atomic E-state index is 13.4. The van der Waals surface area contributed by atoms with Gasteiger partial charge in [-0.25, -0.2) is 13.1 Å². The van der Waals surface area contributed by atoms with Gasteiger partial charge in [-0.15, -0.1) is 0 Å². The number of nitrogens with zero attached hydrogens (tertiary/aromatic N) is 1. The third-order valence-electron chi connectivity index (χ3n) is 6.61. The van der Waals surface area contributed by atoms with E-state index in [0.29, 0.717) is 36.6 Å². The lowest BCUT2D eigenvalue weighted by Crippen LogP contribution is -2.44. The molecule has 1 saturated heterocycles. The monoisotopic (exact) mass is 458 g/mol. The van der Waals surface area contributed by atoms with Crippen LogP contribution in [0, 0.1) is 0 Å². The van der Waals surface area contributed by atoms with Crippen molar-refractivity contribution in [3.63, 3.8) is 0 Å². The molecule has 7 nitrogen and oxygen atoms in total. The molecular formula is C24H30N2O5S. The van der Waals surface area contributed by atoms with Crippen LogP contribution in [0.3, 0.4) is 0 Å². The minimum atomic E-state index is -3.86. The zero-order chi connectivity index (χ0) is 22.9. The molecule has 2 heterocycles. The van der Waals surface area contributed by atoms with Gasteiger partial charge in [0.15, 0.2) is 0 Å². The summed E-state index contributed by atoms with van der Waals surface area (Å²) in [5, 5.41) is 0. The van der Waals surface area contributed by atoms with Crippen LogP contribution < -0.4 is 19.1 Å². The summed E-state index contributed by atoms with van der Waals surface area (Å²) in [5.41, 5.74) is 0.896. The molecule has 0 aromatic heterocycles. The molecule has 4 rings (SSSR count). The van der Waals surface area contributed by atoms with Gasteiger partial charge in [-0.1, -0.05) is 32.0 Å². The Bertz CT molecular complexity index is 1110. The highest BCUT2D eigenvalue weighted by Gasteiger charge is 2.40. The minimum Gasteiger partial charge on any atom is -0.495 e. The molecular weight excluding hydrogens is 428 g/mol. The Morgan fingerprint density at radius 3 is 2.59 bits per heavy atom. The molecule has 0 saturated carbocycles. The van der Waals surface area contributed by atoms with Crippen molar-refractivity contribution >= 4 is 21.6 Å². The second-order valence-corrected chi connectivity index (χ2v) is 10.1. The molecule has 1 amide bonds. The second-order valence-electron chi connectivity index (χ2n) is 8.39. The van der Waals surface area contributed by atoms with Crippen LogP contribution in [0.5, 0.6) is 11.5 Å². The van der Waals surface area contributed by atoms with Crippen molar-refractivity contribution in [2.45, 2.75) is 62.5 Å². The van der Waals surface area contributed by atoms with E-state index in [4.69, 9.17) is 9.47 Å². The minimum absolute atomic E-state index is 0.0279. The summed E-state index contributed by atoms with van der Waals surface area (Å²) in [7, 11) is -2.35. The lowest BCUT2D eigenvalue weighted by atomic mass is 9.84. The van der Waals surface area contributed by atoms with Crippen molar-refractivity contribution in [3.05, 3.63) is 48.0 Å². The summed E-state index contributed by atoms with van der Waals surface area (Å²) >= 11 is 0. The van der Waals surface area contributed by atoms with Crippen LogP contribution in [0.25, 0.3) is 0 Å². The van der Waals surface area contributed by atoms with Gasteiger partial charge in [0.05, 0.1) is 23.7 Å². The Morgan fingerprint density at radius 1 is 1.19 bits per heavy atom. The second kappa shape index (κ2) is 8.75. The fourth-order valence-electron chi connectivity index (χ4n) is 4.61. The van der Waals surface area contributed by atoms with Gasteiger partial charge >= 0.3 is 0 Å². The van der Waals surface area contributed by atoms with Crippen molar-refractivity contribution in [2.24, 2.45) is 0 Å². The number of amides is 1. The number of methoxy groups -OCH3 is 1. The normalized spacial score (nSPS) is 20.0. The average molecular weight is 459 g/mol. The van der Waals surface area contributed by atoms with E-state index < -0.39 is 21.7 Å². The summed E-state index contributed by atoms with van der Waals surface area (Å²) < 4.78 is 41.5. The zero-order valence-electron chi connectivity index (χ0n) is 18.8. The van der Waals surface area contributed by atoms with Crippen molar-refractivity contribution in [2.75, 3.05) is 18.6 Å². The number of para-hydroxylation sites is 1. The van der Waals surface area contributed by atoms with Gasteiger partial charge in [0.2, 0.25) is 15.9 Å². The van der Waals surface area contributed by atoms with E-state index in [1.54, 1.807) is 11.0 Å². The third-order valence-corrected chi connectivity index (χ3v) is 8.08. The first kappa shape index (κ1) is 22.6. The number of hydrogen-bond donors (Lipinski definition) is 1. The zero-order valence-corrected chi connectivity index (χ0v) is 19.6. The van der Waals surface area contributed by atoms with Gasteiger partial charge in [-0.3, -0.25) is 4.79 Å². The predicted octanol–water partition coefficient (Wildman–Crippen LogP) is 4.18. The van der Waals surface area contributed by atoms with Gasteiger partial charge in [0.25, 0.3) is 0 Å². The quantitative estimate of drug-likeness (QED) is 0.673. The predicted molar refractivity (Wildman–Crippen MR) is 123 cm³/mol. The Morgan fingerprint density at radius 2 is 1.94 bits per heavy atom. The molecule has 32 heavy (non-hydrogen) atoms. The van der Waals surface area contributed by atoms with Crippen LogP contribution in [0.2, 0.25) is 0 Å². The molecule has 8 heteroatoms. The topological polar surface area (TPSA) is 84.9 Å². The summed E-state index contributed by atoms with van der Waals surface area (Å²) in [6, 6.07) is 11.8. The number of carbonyl (C=O) groups excluding carboxylic acids is 1. The summed E-state index contributed by atoms with van der Waals surface area (Å²) in [5.74, 6) is 1.17. The first-order chi connectivity index (χ1) is 15.3. The molecule has 1 atom stereocenters. The van der Waals surface area contributed by atoms with Crippen molar-refractivity contribution < 1.29 is 22.7 Å². The van der Waals surface area contributed by atoms with E-state index in [9.17, 15) is 13.2 Å². The molecule has 0 radical (unpaired) electrons. The Balaban J connectivity index is 1.69. The first-order valence-electron chi connectivity index (χ1n) is 11.1. The molecule has 2 aromatic rings. The molecule has 2 aromatic carbocycles. The maximum Gasteiger partial charge on any atom is 0.241 e. The smallest absolute Gasteiger partial charge is 0.241 e. The summed E-state index contributed by atoms with van der Waals surface area (Å²) in [6.07, 6.45) is 3.29. The number of anilines is 1. The van der Waals surface area contributed by atoms with Crippen LogP contribution >= 0.6 is 0 Å². The molecule has 1 fully saturated rings. The van der Waals surface area contributed by atoms with Gasteiger partial charge in [0.1, 0.15) is 17.1 Å². The van der Waals surface area contributed by atoms with Crippen LogP contribution in [0.15, 0.2) is 47.4 Å². The number of carbonyl (C=O) groups is 1. The number of nitrogens with one attached hydrogen (secondary N) is 1. The highest BCUT2D eigenvalue weighted by atomic mass is 32.2. The van der Waals surface area contributed by atoms with Crippen molar-refractivity contribution in [1.82, 2.24) is 4.72 Å². The van der Waals surface area contributed by atoms with E-state index in [1.807, 2.05) is 24.3 Å². The molecule has 2 aliphatic heterocycles. The fourth-order valence-corrected chi connectivity index (χ4v) is 5.85. The highest BCUT2D eigenvalue weighted by Crippen LogP contribution is 2.43. The molecule has 0 aliphatic carbocycles. The lowest BCUT2D eigenvalue weighted by molar-refractivity contribution is -0.117. The Hall–Kier alpha value is -2.58. The molecule has 0 spiro atoms. The first-order valence-corrected chi connectivity index (χ1v) is 12.6. The summed E-state index contributed by atoms with van der Waals surface area (Å²) in [6.45, 7) is 4.67. The number of hydrogen-bond acceptors (Lipinski definition) is 5. The molecule has 0 bridgehead atoms. The number of sulfonamides is 1. The molecule has 1 unspecified atom stereocenters. The standard InChI is InChI=1S/C24H30N2O5S/c1-4-24(5-2)16-19(18-9-6-7-10-21(18)31-24)25-32(28,29)17-12-13-22(30-3)20(15-17)26-14-8-11-23(26)27/h6-7,9-10,12-13,15,19,25H,4-5,8,11,14,16H2,1-3H3. The summed E-state index contributed by atoms with van der Waals surface area (Å²) in [4.78, 5) is 14.0. The van der Waals surface area contributed by atoms with Crippen LogP contribution in [0.1, 0.15) is 57.6 Å². The van der Waals surface area contributed by atoms with Gasteiger partial charge < -0.3 is 14.4 Å². The third kappa shape index (κ3) is 4.09. The molecule has 172 valence electrons. The average Bonchev–Trinajstić information content (AvgIpc) is 3.23. The van der Waals surface area contributed by atoms with Gasteiger partial charge in [-0.05, 0) is 43.5 Å². The largest absolute Gasteiger partial charge is 0.495 e. The Kier molecular flexibility index (Phi) is 6.18. The number of fused-ring (bicyclic) bond motifs is 1. The molecule has 1 N–H and O–H groups in total.